The van der Waals surface area contributed by atoms with Gasteiger partial charge in [0.05, 0.1) is 18.8 Å². The summed E-state index contributed by atoms with van der Waals surface area (Å²) in [6.45, 7) is -1.58. The minimum atomic E-state index is -3.18. The zero-order valence-corrected chi connectivity index (χ0v) is 17.1. The number of halogens is 4. The predicted molar refractivity (Wildman–Crippen MR) is 107 cm³/mol. The first-order valence-corrected chi connectivity index (χ1v) is 11.3. The molecule has 1 aromatic carbocycles. The van der Waals surface area contributed by atoms with Gasteiger partial charge in [0.1, 0.15) is 28.8 Å². The van der Waals surface area contributed by atoms with Crippen LogP contribution in [-0.2, 0) is 29.1 Å². The smallest absolute Gasteiger partial charge is 0.290 e. The summed E-state index contributed by atoms with van der Waals surface area (Å²) >= 11 is -0.942. The summed E-state index contributed by atoms with van der Waals surface area (Å²) in [6, 6.07) is 5.35. The van der Waals surface area contributed by atoms with E-state index in [1.165, 1.54) is 0 Å². The molecule has 2 aromatic rings. The number of benzene rings is 1. The molecule has 3 heterocycles. The Labute approximate surface area is 178 Å². The van der Waals surface area contributed by atoms with Crippen LogP contribution in [0.2, 0.25) is 0 Å². The van der Waals surface area contributed by atoms with Gasteiger partial charge in [-0.3, -0.25) is 0 Å². The summed E-state index contributed by atoms with van der Waals surface area (Å²) < 4.78 is 68.0. The maximum absolute atomic E-state index is 14.5. The maximum Gasteiger partial charge on any atom is 0.290 e. The normalized spacial score (nSPS) is 30.5. The topological polar surface area (TPSA) is 98.3 Å². The van der Waals surface area contributed by atoms with E-state index in [1.807, 2.05) is 0 Å². The molecule has 11 heteroatoms. The zero-order valence-electron chi connectivity index (χ0n) is 16.3. The monoisotopic (exact) mass is 456 g/mol. The molecular weight excluding hydrogens is 436 g/mol. The fourth-order valence-corrected chi connectivity index (χ4v) is 5.84. The van der Waals surface area contributed by atoms with Crippen molar-refractivity contribution < 1.29 is 27.2 Å². The minimum Gasteiger partial charge on any atom is -0.616 e. The van der Waals surface area contributed by atoms with Crippen molar-refractivity contribution in [3.05, 3.63) is 41.1 Å². The number of rotatable bonds is 4. The molecule has 0 saturated carbocycles. The van der Waals surface area contributed by atoms with Gasteiger partial charge in [-0.05, 0) is 23.2 Å². The number of anilines is 1. The van der Waals surface area contributed by atoms with Gasteiger partial charge in [-0.25, -0.2) is 18.7 Å². The Morgan fingerprint density at radius 1 is 1.16 bits per heavy atom. The van der Waals surface area contributed by atoms with E-state index in [9.17, 15) is 27.2 Å². The molecule has 6 nitrogen and oxygen atoms in total. The van der Waals surface area contributed by atoms with Crippen LogP contribution in [0, 0.1) is 0 Å². The van der Waals surface area contributed by atoms with Crippen molar-refractivity contribution in [3.8, 4) is 11.3 Å². The van der Waals surface area contributed by atoms with E-state index < -0.39 is 59.9 Å². The molecule has 0 bridgehead atoms. The van der Waals surface area contributed by atoms with Crippen LogP contribution >= 0.6 is 0 Å². The van der Waals surface area contributed by atoms with E-state index in [2.05, 4.69) is 9.97 Å². The number of alkyl halides is 4. The number of hydrogen-bond donors (Lipinski definition) is 2. The van der Waals surface area contributed by atoms with E-state index in [0.717, 1.165) is 10.5 Å². The largest absolute Gasteiger partial charge is 0.616 e. The lowest BCUT2D eigenvalue weighted by Crippen LogP contribution is -2.67. The second-order valence-electron chi connectivity index (χ2n) is 8.45. The molecule has 1 aromatic heterocycles. The maximum atomic E-state index is 14.5. The first kappa shape index (κ1) is 20.9. The van der Waals surface area contributed by atoms with Crippen LogP contribution < -0.4 is 10.6 Å². The van der Waals surface area contributed by atoms with Crippen molar-refractivity contribution >= 4 is 17.1 Å². The number of nitrogens with zero attached hydrogens (tertiary/aromatic N) is 3. The standard InChI is InChI=1S/C20H20F4N4O2S/c21-19(22)6-5-13-15(11-1-3-12(4-2-11)18(25)9-31(30)10-18)26-17(27-16(13)19)28-8-20(23,24)14(28)7-29/h1-4,14,29H,5-10,25H2. The molecule has 1 unspecified atom stereocenters. The van der Waals surface area contributed by atoms with E-state index in [1.54, 1.807) is 24.3 Å². The number of aliphatic hydroxyl groups excluding tert-OH is 1. The third kappa shape index (κ3) is 3.21. The Hall–Kier alpha value is -1.95. The first-order chi connectivity index (χ1) is 14.5. The summed E-state index contributed by atoms with van der Waals surface area (Å²) in [5, 5.41) is 9.33. The van der Waals surface area contributed by atoms with E-state index in [0.29, 0.717) is 22.6 Å². The lowest BCUT2D eigenvalue weighted by molar-refractivity contribution is -0.0861. The van der Waals surface area contributed by atoms with Crippen LogP contribution in [0.25, 0.3) is 11.3 Å². The summed E-state index contributed by atoms with van der Waals surface area (Å²) in [7, 11) is 0. The third-order valence-electron chi connectivity index (χ3n) is 6.28. The number of aromatic nitrogens is 2. The molecule has 0 radical (unpaired) electrons. The van der Waals surface area contributed by atoms with Crippen LogP contribution in [0.3, 0.4) is 0 Å². The van der Waals surface area contributed by atoms with Gasteiger partial charge in [-0.1, -0.05) is 24.3 Å². The molecule has 1 aliphatic carbocycles. The Morgan fingerprint density at radius 2 is 1.84 bits per heavy atom. The first-order valence-electron chi connectivity index (χ1n) is 9.83. The summed E-state index contributed by atoms with van der Waals surface area (Å²) in [6.07, 6.45) is -0.359. The molecule has 3 N–H and O–H groups in total. The second-order valence-corrected chi connectivity index (χ2v) is 9.91. The number of hydrogen-bond acceptors (Lipinski definition) is 6. The third-order valence-corrected chi connectivity index (χ3v) is 7.95. The van der Waals surface area contributed by atoms with Crippen molar-refractivity contribution in [3.63, 3.8) is 0 Å². The van der Waals surface area contributed by atoms with Gasteiger partial charge in [0.2, 0.25) is 5.95 Å². The molecule has 166 valence electrons. The quantitative estimate of drug-likeness (QED) is 0.539. The molecule has 0 spiro atoms. The van der Waals surface area contributed by atoms with Gasteiger partial charge in [0, 0.05) is 17.5 Å². The van der Waals surface area contributed by atoms with Crippen LogP contribution in [0.15, 0.2) is 24.3 Å². The van der Waals surface area contributed by atoms with Gasteiger partial charge >= 0.3 is 0 Å². The molecule has 3 aliphatic rings. The predicted octanol–water partition coefficient (Wildman–Crippen LogP) is 1.91. The van der Waals surface area contributed by atoms with Gasteiger partial charge in [0.25, 0.3) is 11.8 Å². The van der Waals surface area contributed by atoms with Crippen molar-refractivity contribution in [2.24, 2.45) is 5.73 Å². The van der Waals surface area contributed by atoms with Gasteiger partial charge in [0.15, 0.2) is 0 Å². The number of fused-ring (bicyclic) bond motifs is 1. The molecule has 31 heavy (non-hydrogen) atoms. The Morgan fingerprint density at radius 3 is 2.42 bits per heavy atom. The Kier molecular flexibility index (Phi) is 4.57. The Bertz CT molecular complexity index is 1030. The Balaban J connectivity index is 1.55. The minimum absolute atomic E-state index is 0.0685. The van der Waals surface area contributed by atoms with Crippen molar-refractivity contribution in [1.29, 1.82) is 0 Å². The van der Waals surface area contributed by atoms with E-state index >= 15 is 0 Å². The van der Waals surface area contributed by atoms with Crippen LogP contribution in [0.1, 0.15) is 23.2 Å². The molecule has 5 rings (SSSR count). The van der Waals surface area contributed by atoms with Crippen molar-refractivity contribution in [2.45, 2.75) is 36.3 Å². The highest BCUT2D eigenvalue weighted by atomic mass is 32.2. The lowest BCUT2D eigenvalue weighted by Gasteiger charge is -2.46. The van der Waals surface area contributed by atoms with Crippen LogP contribution in [0.4, 0.5) is 23.5 Å². The highest BCUT2D eigenvalue weighted by Gasteiger charge is 2.56. The summed E-state index contributed by atoms with van der Waals surface area (Å²) in [5.74, 6) is -5.84. The van der Waals surface area contributed by atoms with E-state index in [4.69, 9.17) is 5.73 Å². The fraction of sp³-hybridized carbons (Fsp3) is 0.500. The second kappa shape index (κ2) is 6.77. The van der Waals surface area contributed by atoms with E-state index in [-0.39, 0.29) is 18.1 Å². The molecular formula is C20H20F4N4O2S. The summed E-state index contributed by atoms with van der Waals surface area (Å²) in [5.41, 5.74) is 7.01. The fourth-order valence-electron chi connectivity index (χ4n) is 4.44. The molecule has 2 fully saturated rings. The molecule has 0 amide bonds. The highest BCUT2D eigenvalue weighted by molar-refractivity contribution is 7.93. The van der Waals surface area contributed by atoms with Gasteiger partial charge in [-0.15, -0.1) is 0 Å². The van der Waals surface area contributed by atoms with Gasteiger partial charge < -0.3 is 20.3 Å². The zero-order chi connectivity index (χ0) is 22.2. The van der Waals surface area contributed by atoms with Crippen molar-refractivity contribution in [2.75, 3.05) is 29.6 Å². The number of aliphatic hydroxyl groups is 1. The summed E-state index contributed by atoms with van der Waals surface area (Å²) in [4.78, 5) is 9.35. The molecule has 1 atom stereocenters. The number of nitrogens with two attached hydrogens (primary N) is 1. The molecule has 2 aliphatic heterocycles. The average molecular weight is 456 g/mol. The van der Waals surface area contributed by atoms with Gasteiger partial charge in [-0.2, -0.15) is 8.78 Å². The highest BCUT2D eigenvalue weighted by Crippen LogP contribution is 2.46. The average Bonchev–Trinajstić information content (AvgIpc) is 3.00. The molecule has 2 saturated heterocycles. The van der Waals surface area contributed by atoms with Crippen LogP contribution in [0.5, 0.6) is 0 Å². The van der Waals surface area contributed by atoms with Crippen molar-refractivity contribution in [1.82, 2.24) is 9.97 Å². The van der Waals surface area contributed by atoms with Crippen LogP contribution in [-0.4, -0.2) is 56.2 Å². The lowest BCUT2D eigenvalue weighted by atomic mass is 9.92. The SMILES string of the molecule is NC1(c2ccc(-c3nc(N4CC(F)(F)C4CO)nc4c3CCC4(F)F)cc2)C[S+]([O-])C1.